The molecule has 0 spiro atoms. The van der Waals surface area contributed by atoms with Crippen molar-refractivity contribution in [2.24, 2.45) is 11.1 Å². The van der Waals surface area contributed by atoms with Gasteiger partial charge >= 0.3 is 6.09 Å². The number of hydrogen-bond acceptors (Lipinski definition) is 2. The van der Waals surface area contributed by atoms with Crippen LogP contribution in [-0.4, -0.2) is 12.7 Å². The lowest BCUT2D eigenvalue weighted by Crippen LogP contribution is -2.18. The van der Waals surface area contributed by atoms with Crippen LogP contribution >= 0.6 is 0 Å². The molecule has 1 amide bonds. The lowest BCUT2D eigenvalue weighted by molar-refractivity contribution is 0.136. The monoisotopic (exact) mass is 159 g/mol. The number of rotatable bonds is 4. The van der Waals surface area contributed by atoms with Gasteiger partial charge in [0.25, 0.3) is 0 Å². The van der Waals surface area contributed by atoms with E-state index in [9.17, 15) is 4.79 Å². The van der Waals surface area contributed by atoms with E-state index in [1.807, 2.05) is 0 Å². The van der Waals surface area contributed by atoms with Crippen LogP contribution in [0.5, 0.6) is 0 Å². The van der Waals surface area contributed by atoms with Crippen LogP contribution < -0.4 is 5.73 Å². The van der Waals surface area contributed by atoms with Crippen LogP contribution in [-0.2, 0) is 4.74 Å². The molecule has 0 unspecified atom stereocenters. The first-order chi connectivity index (χ1) is 4.98. The Labute approximate surface area is 67.9 Å². The molecule has 0 heterocycles. The van der Waals surface area contributed by atoms with E-state index in [0.717, 1.165) is 12.8 Å². The van der Waals surface area contributed by atoms with Gasteiger partial charge in [0.05, 0.1) is 6.61 Å². The van der Waals surface area contributed by atoms with Gasteiger partial charge in [-0.2, -0.15) is 0 Å². The number of carbonyl (C=O) groups excluding carboxylic acids is 1. The van der Waals surface area contributed by atoms with E-state index in [1.54, 1.807) is 0 Å². The molecule has 0 aliphatic carbocycles. The second-order valence-electron chi connectivity index (χ2n) is 3.44. The molecule has 0 rings (SSSR count). The molecule has 11 heavy (non-hydrogen) atoms. The quantitative estimate of drug-likeness (QED) is 0.681. The standard InChI is InChI=1S/C8H17NO2/c1-4-8(2,3)5-6-11-7(9)10/h4-6H2,1-3H3,(H2,9,10). The van der Waals surface area contributed by atoms with Crippen LogP contribution in [0, 0.1) is 5.41 Å². The molecule has 3 nitrogen and oxygen atoms in total. The summed E-state index contributed by atoms with van der Waals surface area (Å²) in [4.78, 5) is 10.2. The molecule has 0 saturated carbocycles. The maximum absolute atomic E-state index is 10.2. The molecular formula is C8H17NO2. The Morgan fingerprint density at radius 3 is 2.45 bits per heavy atom. The Balaban J connectivity index is 3.45. The largest absolute Gasteiger partial charge is 0.450 e. The van der Waals surface area contributed by atoms with Gasteiger partial charge in [-0.15, -0.1) is 0 Å². The maximum atomic E-state index is 10.2. The van der Waals surface area contributed by atoms with Crippen molar-refractivity contribution in [1.82, 2.24) is 0 Å². The summed E-state index contributed by atoms with van der Waals surface area (Å²) < 4.78 is 4.62. The van der Waals surface area contributed by atoms with Crippen molar-refractivity contribution in [2.75, 3.05) is 6.61 Å². The van der Waals surface area contributed by atoms with Crippen molar-refractivity contribution >= 4 is 6.09 Å². The highest BCUT2D eigenvalue weighted by Gasteiger charge is 2.14. The molecule has 0 radical (unpaired) electrons. The van der Waals surface area contributed by atoms with Gasteiger partial charge in [0.1, 0.15) is 0 Å². The third-order valence-corrected chi connectivity index (χ3v) is 1.98. The van der Waals surface area contributed by atoms with Gasteiger partial charge in [-0.05, 0) is 11.8 Å². The Hall–Kier alpha value is -0.730. The summed E-state index contributed by atoms with van der Waals surface area (Å²) in [7, 11) is 0. The zero-order valence-corrected chi connectivity index (χ0v) is 7.52. The maximum Gasteiger partial charge on any atom is 0.404 e. The molecule has 0 aliphatic heterocycles. The normalized spacial score (nSPS) is 11.2. The summed E-state index contributed by atoms with van der Waals surface area (Å²) in [5, 5.41) is 0. The average Bonchev–Trinajstić information content (AvgIpc) is 1.87. The molecule has 0 atom stereocenters. The van der Waals surface area contributed by atoms with Gasteiger partial charge < -0.3 is 10.5 Å². The molecule has 66 valence electrons. The molecule has 0 aromatic rings. The first-order valence-corrected chi connectivity index (χ1v) is 3.90. The van der Waals surface area contributed by atoms with Crippen molar-refractivity contribution in [3.63, 3.8) is 0 Å². The van der Waals surface area contributed by atoms with Gasteiger partial charge in [-0.3, -0.25) is 0 Å². The minimum atomic E-state index is -0.683. The Morgan fingerprint density at radius 2 is 2.09 bits per heavy atom. The van der Waals surface area contributed by atoms with Crippen molar-refractivity contribution in [3.05, 3.63) is 0 Å². The van der Waals surface area contributed by atoms with Crippen LogP contribution in [0.3, 0.4) is 0 Å². The summed E-state index contributed by atoms with van der Waals surface area (Å²) in [6.45, 7) is 6.81. The van der Waals surface area contributed by atoms with Crippen LogP contribution in [0.2, 0.25) is 0 Å². The van der Waals surface area contributed by atoms with Crippen LogP contribution in [0.25, 0.3) is 0 Å². The van der Waals surface area contributed by atoms with E-state index in [-0.39, 0.29) is 5.41 Å². The third kappa shape index (κ3) is 5.70. The molecule has 2 N–H and O–H groups in total. The predicted octanol–water partition coefficient (Wildman–Crippen LogP) is 1.91. The summed E-state index contributed by atoms with van der Waals surface area (Å²) in [5.74, 6) is 0. The lowest BCUT2D eigenvalue weighted by atomic mass is 9.87. The summed E-state index contributed by atoms with van der Waals surface area (Å²) in [6, 6.07) is 0. The minimum Gasteiger partial charge on any atom is -0.450 e. The Bertz CT molecular complexity index is 132. The highest BCUT2D eigenvalue weighted by Crippen LogP contribution is 2.23. The first-order valence-electron chi connectivity index (χ1n) is 3.90. The highest BCUT2D eigenvalue weighted by atomic mass is 16.5. The number of ether oxygens (including phenoxy) is 1. The second-order valence-corrected chi connectivity index (χ2v) is 3.44. The van der Waals surface area contributed by atoms with Crippen molar-refractivity contribution in [3.8, 4) is 0 Å². The van der Waals surface area contributed by atoms with Crippen LogP contribution in [0.15, 0.2) is 0 Å². The first kappa shape index (κ1) is 10.3. The SMILES string of the molecule is CCC(C)(C)CCOC(N)=O. The third-order valence-electron chi connectivity index (χ3n) is 1.98. The van der Waals surface area contributed by atoms with Gasteiger partial charge in [0.2, 0.25) is 0 Å². The molecular weight excluding hydrogens is 142 g/mol. The van der Waals surface area contributed by atoms with E-state index in [1.165, 1.54) is 0 Å². The van der Waals surface area contributed by atoms with Crippen LogP contribution in [0.4, 0.5) is 4.79 Å². The topological polar surface area (TPSA) is 52.3 Å². The zero-order chi connectivity index (χ0) is 8.91. The average molecular weight is 159 g/mol. The van der Waals surface area contributed by atoms with E-state index >= 15 is 0 Å². The van der Waals surface area contributed by atoms with Gasteiger partial charge in [-0.1, -0.05) is 27.2 Å². The van der Waals surface area contributed by atoms with Gasteiger partial charge in [0.15, 0.2) is 0 Å². The number of primary amides is 1. The highest BCUT2D eigenvalue weighted by molar-refractivity contribution is 5.64. The lowest BCUT2D eigenvalue weighted by Gasteiger charge is -2.21. The molecule has 0 aromatic carbocycles. The van der Waals surface area contributed by atoms with E-state index in [4.69, 9.17) is 5.73 Å². The fourth-order valence-electron chi connectivity index (χ4n) is 0.605. The van der Waals surface area contributed by atoms with Crippen LogP contribution in [0.1, 0.15) is 33.6 Å². The number of amides is 1. The van der Waals surface area contributed by atoms with Crippen molar-refractivity contribution in [1.29, 1.82) is 0 Å². The van der Waals surface area contributed by atoms with Gasteiger partial charge in [0, 0.05) is 0 Å². The summed E-state index contributed by atoms with van der Waals surface area (Å²) in [5.41, 5.74) is 5.05. The molecule has 0 aliphatic rings. The summed E-state index contributed by atoms with van der Waals surface area (Å²) in [6.07, 6.45) is 1.26. The zero-order valence-electron chi connectivity index (χ0n) is 7.52. The predicted molar refractivity (Wildman–Crippen MR) is 44.2 cm³/mol. The number of hydrogen-bond donors (Lipinski definition) is 1. The molecule has 0 bridgehead atoms. The van der Waals surface area contributed by atoms with Crippen molar-refractivity contribution < 1.29 is 9.53 Å². The minimum absolute atomic E-state index is 0.245. The second kappa shape index (κ2) is 4.21. The fourth-order valence-corrected chi connectivity index (χ4v) is 0.605. The molecule has 3 heteroatoms. The van der Waals surface area contributed by atoms with E-state index in [2.05, 4.69) is 25.5 Å². The number of nitrogens with two attached hydrogens (primary N) is 1. The summed E-state index contributed by atoms with van der Waals surface area (Å²) >= 11 is 0. The molecule has 0 fully saturated rings. The molecule has 0 saturated heterocycles. The van der Waals surface area contributed by atoms with E-state index in [0.29, 0.717) is 6.61 Å². The fraction of sp³-hybridized carbons (Fsp3) is 0.875. The van der Waals surface area contributed by atoms with E-state index < -0.39 is 6.09 Å². The molecule has 0 aromatic heterocycles. The Morgan fingerprint density at radius 1 is 1.55 bits per heavy atom. The number of carbonyl (C=O) groups is 1. The smallest absolute Gasteiger partial charge is 0.404 e. The Kier molecular flexibility index (Phi) is 3.93. The van der Waals surface area contributed by atoms with Gasteiger partial charge in [-0.25, -0.2) is 4.79 Å². The van der Waals surface area contributed by atoms with Crippen molar-refractivity contribution in [2.45, 2.75) is 33.6 Å².